The number of amides is 1. The summed E-state index contributed by atoms with van der Waals surface area (Å²) >= 11 is 0. The van der Waals surface area contributed by atoms with E-state index in [1.807, 2.05) is 30.3 Å². The summed E-state index contributed by atoms with van der Waals surface area (Å²) in [4.78, 5) is 33.6. The van der Waals surface area contributed by atoms with E-state index < -0.39 is 5.97 Å². The number of β-lactam (4-membered cyclic amide) rings is 1. The van der Waals surface area contributed by atoms with Crippen molar-refractivity contribution in [3.8, 4) is 0 Å². The number of carbonyl (C=O) groups is 3. The number of Topliss-reactive ketones (excluding diaryl/α,β-unsaturated/α-hetero) is 1. The third-order valence-electron chi connectivity index (χ3n) is 2.86. The van der Waals surface area contributed by atoms with Crippen molar-refractivity contribution in [2.24, 2.45) is 0 Å². The Balaban J connectivity index is 1.66. The second-order valence-electron chi connectivity index (χ2n) is 4.53. The maximum atomic E-state index is 11.5. The van der Waals surface area contributed by atoms with Crippen LogP contribution >= 0.6 is 0 Å². The highest BCUT2D eigenvalue weighted by atomic mass is 16.5. The van der Waals surface area contributed by atoms with Crippen molar-refractivity contribution in [2.45, 2.75) is 31.9 Å². The molecule has 1 aromatic carbocycles. The van der Waals surface area contributed by atoms with Crippen molar-refractivity contribution in [1.29, 1.82) is 0 Å². The van der Waals surface area contributed by atoms with Crippen molar-refractivity contribution in [3.05, 3.63) is 35.9 Å². The first kappa shape index (κ1) is 13.3. The maximum Gasteiger partial charge on any atom is 0.313 e. The minimum atomic E-state index is -0.528. The summed E-state index contributed by atoms with van der Waals surface area (Å²) in [6, 6.07) is 9.17. The molecule has 1 aromatic rings. The average Bonchev–Trinajstić information content (AvgIpc) is 2.36. The van der Waals surface area contributed by atoms with Crippen LogP contribution in [0.2, 0.25) is 0 Å². The quantitative estimate of drug-likeness (QED) is 0.470. The Morgan fingerprint density at radius 3 is 2.58 bits per heavy atom. The standard InChI is InChI=1S/C14H15NO4/c16-12(6-11-7-13(17)15-11)8-14(18)19-9-10-4-2-1-3-5-10/h1-5,11H,6-9H2,(H,15,17)/t11-/m1/s1. The number of nitrogens with one attached hydrogen (secondary N) is 1. The van der Waals surface area contributed by atoms with Crippen LogP contribution in [0.15, 0.2) is 30.3 Å². The monoisotopic (exact) mass is 261 g/mol. The molecule has 1 atom stereocenters. The van der Waals surface area contributed by atoms with Crippen LogP contribution in [-0.4, -0.2) is 23.7 Å². The van der Waals surface area contributed by atoms with Crippen LogP contribution in [0.25, 0.3) is 0 Å². The number of hydrogen-bond acceptors (Lipinski definition) is 4. The third-order valence-corrected chi connectivity index (χ3v) is 2.86. The molecule has 0 spiro atoms. The second kappa shape index (κ2) is 6.13. The van der Waals surface area contributed by atoms with Gasteiger partial charge in [0.1, 0.15) is 18.8 Å². The van der Waals surface area contributed by atoms with Crippen molar-refractivity contribution >= 4 is 17.7 Å². The number of esters is 1. The van der Waals surface area contributed by atoms with Gasteiger partial charge in [-0.15, -0.1) is 0 Å². The fraction of sp³-hybridized carbons (Fsp3) is 0.357. The van der Waals surface area contributed by atoms with Crippen LogP contribution in [0.1, 0.15) is 24.8 Å². The van der Waals surface area contributed by atoms with E-state index in [9.17, 15) is 14.4 Å². The molecular weight excluding hydrogens is 246 g/mol. The molecule has 0 aromatic heterocycles. The van der Waals surface area contributed by atoms with Gasteiger partial charge in [-0.3, -0.25) is 14.4 Å². The summed E-state index contributed by atoms with van der Waals surface area (Å²) in [7, 11) is 0. The van der Waals surface area contributed by atoms with Gasteiger partial charge >= 0.3 is 5.97 Å². The Morgan fingerprint density at radius 2 is 1.95 bits per heavy atom. The molecule has 0 bridgehead atoms. The lowest BCUT2D eigenvalue weighted by atomic mass is 9.99. The van der Waals surface area contributed by atoms with Crippen molar-refractivity contribution in [2.75, 3.05) is 0 Å². The van der Waals surface area contributed by atoms with E-state index in [4.69, 9.17) is 4.74 Å². The molecule has 1 fully saturated rings. The molecule has 1 saturated heterocycles. The van der Waals surface area contributed by atoms with Crippen molar-refractivity contribution < 1.29 is 19.1 Å². The van der Waals surface area contributed by atoms with Crippen LogP contribution in [0, 0.1) is 0 Å². The first-order valence-electron chi connectivity index (χ1n) is 6.14. The first-order chi connectivity index (χ1) is 9.13. The number of ether oxygens (including phenoxy) is 1. The van der Waals surface area contributed by atoms with Gasteiger partial charge in [-0.05, 0) is 5.56 Å². The van der Waals surface area contributed by atoms with Gasteiger partial charge in [-0.1, -0.05) is 30.3 Å². The minimum absolute atomic E-state index is 0.0514. The van der Waals surface area contributed by atoms with Crippen molar-refractivity contribution in [3.63, 3.8) is 0 Å². The molecule has 5 nitrogen and oxygen atoms in total. The van der Waals surface area contributed by atoms with Crippen LogP contribution in [0.4, 0.5) is 0 Å². The smallest absolute Gasteiger partial charge is 0.313 e. The Labute approximate surface area is 110 Å². The maximum absolute atomic E-state index is 11.5. The van der Waals surface area contributed by atoms with Gasteiger partial charge in [0.25, 0.3) is 0 Å². The summed E-state index contributed by atoms with van der Waals surface area (Å²) in [6.45, 7) is 0.174. The highest BCUT2D eigenvalue weighted by Gasteiger charge is 2.27. The number of rotatable bonds is 6. The Kier molecular flexibility index (Phi) is 4.28. The largest absolute Gasteiger partial charge is 0.460 e. The Morgan fingerprint density at radius 1 is 1.26 bits per heavy atom. The van der Waals surface area contributed by atoms with Crippen LogP contribution < -0.4 is 5.32 Å². The van der Waals surface area contributed by atoms with Gasteiger partial charge in [0, 0.05) is 18.9 Å². The summed E-state index contributed by atoms with van der Waals surface area (Å²) in [5.41, 5.74) is 0.884. The number of benzene rings is 1. The van der Waals surface area contributed by atoms with Crippen LogP contribution in [0.3, 0.4) is 0 Å². The zero-order chi connectivity index (χ0) is 13.7. The van der Waals surface area contributed by atoms with E-state index in [2.05, 4.69) is 5.32 Å². The van der Waals surface area contributed by atoms with E-state index in [0.29, 0.717) is 6.42 Å². The first-order valence-corrected chi connectivity index (χ1v) is 6.14. The highest BCUT2D eigenvalue weighted by molar-refractivity contribution is 5.97. The van der Waals surface area contributed by atoms with Gasteiger partial charge in [0.05, 0.1) is 0 Å². The lowest BCUT2D eigenvalue weighted by molar-refractivity contribution is -0.147. The van der Waals surface area contributed by atoms with Crippen LogP contribution in [0.5, 0.6) is 0 Å². The molecule has 0 saturated carbocycles. The molecular formula is C14H15NO4. The summed E-state index contributed by atoms with van der Waals surface area (Å²) < 4.78 is 5.01. The van der Waals surface area contributed by atoms with E-state index in [1.54, 1.807) is 0 Å². The van der Waals surface area contributed by atoms with Gasteiger partial charge in [0.15, 0.2) is 0 Å². The molecule has 0 radical (unpaired) electrons. The Bertz CT molecular complexity index is 475. The molecule has 1 heterocycles. The van der Waals surface area contributed by atoms with Gasteiger partial charge < -0.3 is 10.1 Å². The predicted octanol–water partition coefficient (Wildman–Crippen LogP) is 0.968. The average molecular weight is 261 g/mol. The van der Waals surface area contributed by atoms with E-state index in [0.717, 1.165) is 5.56 Å². The summed E-state index contributed by atoms with van der Waals surface area (Å²) in [5, 5.41) is 2.59. The van der Waals surface area contributed by atoms with E-state index in [1.165, 1.54) is 0 Å². The predicted molar refractivity (Wildman–Crippen MR) is 67.0 cm³/mol. The zero-order valence-corrected chi connectivity index (χ0v) is 10.4. The molecule has 2 rings (SSSR count). The normalized spacial score (nSPS) is 17.3. The minimum Gasteiger partial charge on any atom is -0.460 e. The number of ketones is 1. The summed E-state index contributed by atoms with van der Waals surface area (Å²) in [5.74, 6) is -0.785. The summed E-state index contributed by atoms with van der Waals surface area (Å²) in [6.07, 6.45) is 0.330. The molecule has 19 heavy (non-hydrogen) atoms. The lowest BCUT2D eigenvalue weighted by Gasteiger charge is -2.25. The Hall–Kier alpha value is -2.17. The fourth-order valence-corrected chi connectivity index (χ4v) is 1.85. The molecule has 5 heteroatoms. The van der Waals surface area contributed by atoms with Crippen LogP contribution in [-0.2, 0) is 25.7 Å². The number of carbonyl (C=O) groups excluding carboxylic acids is 3. The second-order valence-corrected chi connectivity index (χ2v) is 4.53. The molecule has 100 valence electrons. The fourth-order valence-electron chi connectivity index (χ4n) is 1.85. The van der Waals surface area contributed by atoms with Crippen molar-refractivity contribution in [1.82, 2.24) is 5.32 Å². The van der Waals surface area contributed by atoms with Gasteiger partial charge in [-0.25, -0.2) is 0 Å². The molecule has 1 aliphatic heterocycles. The van der Waals surface area contributed by atoms with Gasteiger partial charge in [-0.2, -0.15) is 0 Å². The lowest BCUT2D eigenvalue weighted by Crippen LogP contribution is -2.49. The highest BCUT2D eigenvalue weighted by Crippen LogP contribution is 2.10. The number of hydrogen-bond donors (Lipinski definition) is 1. The van der Waals surface area contributed by atoms with E-state index in [-0.39, 0.29) is 37.2 Å². The molecule has 0 aliphatic carbocycles. The topological polar surface area (TPSA) is 72.5 Å². The SMILES string of the molecule is O=C(CC(=O)OCc1ccccc1)C[C@@H]1CC(=O)N1. The van der Waals surface area contributed by atoms with E-state index >= 15 is 0 Å². The van der Waals surface area contributed by atoms with Gasteiger partial charge in [0.2, 0.25) is 5.91 Å². The zero-order valence-electron chi connectivity index (χ0n) is 10.4. The molecule has 0 unspecified atom stereocenters. The molecule has 1 N–H and O–H groups in total. The third kappa shape index (κ3) is 4.21. The molecule has 1 amide bonds. The molecule has 1 aliphatic rings.